The first-order valence-electron chi connectivity index (χ1n) is 5.05. The van der Waals surface area contributed by atoms with E-state index in [1.54, 1.807) is 17.1 Å². The van der Waals surface area contributed by atoms with E-state index in [0.29, 0.717) is 12.1 Å². The number of hydrogen-bond acceptors (Lipinski definition) is 3. The van der Waals surface area contributed by atoms with E-state index in [9.17, 15) is 5.11 Å². The maximum atomic E-state index is 9.60. The standard InChI is InChI=1S/C11H12BrN3O/c1-2-11(16)10-4-3-9(6-13-10)15-7-8(12)5-14-15/h3-7,11,16H,2H2,1H3/t11-/m0/s1. The van der Waals surface area contributed by atoms with Gasteiger partial charge in [-0.2, -0.15) is 5.10 Å². The fourth-order valence-corrected chi connectivity index (χ4v) is 1.67. The first-order chi connectivity index (χ1) is 7.70. The second-order valence-electron chi connectivity index (χ2n) is 3.47. The second-order valence-corrected chi connectivity index (χ2v) is 4.38. The van der Waals surface area contributed by atoms with E-state index in [0.717, 1.165) is 10.2 Å². The first kappa shape index (κ1) is 11.3. The first-order valence-corrected chi connectivity index (χ1v) is 5.84. The zero-order valence-electron chi connectivity index (χ0n) is 8.84. The van der Waals surface area contributed by atoms with Gasteiger partial charge in [-0.1, -0.05) is 6.92 Å². The molecule has 0 spiro atoms. The van der Waals surface area contributed by atoms with Crippen molar-refractivity contribution in [3.63, 3.8) is 0 Å². The van der Waals surface area contributed by atoms with Crippen LogP contribution < -0.4 is 0 Å². The SMILES string of the molecule is CC[C@H](O)c1ccc(-n2cc(Br)cn2)cn1. The van der Waals surface area contributed by atoms with Crippen molar-refractivity contribution in [2.24, 2.45) is 0 Å². The van der Waals surface area contributed by atoms with E-state index < -0.39 is 6.10 Å². The predicted molar refractivity (Wildman–Crippen MR) is 64.3 cm³/mol. The van der Waals surface area contributed by atoms with Crippen molar-refractivity contribution in [2.45, 2.75) is 19.4 Å². The molecule has 5 heteroatoms. The number of halogens is 1. The third-order valence-corrected chi connectivity index (χ3v) is 2.72. The molecular formula is C11H12BrN3O. The number of aromatic nitrogens is 3. The average Bonchev–Trinajstić information content (AvgIpc) is 2.75. The van der Waals surface area contributed by atoms with E-state index in [1.807, 2.05) is 25.3 Å². The summed E-state index contributed by atoms with van der Waals surface area (Å²) in [4.78, 5) is 4.21. The Kier molecular flexibility index (Phi) is 3.36. The lowest BCUT2D eigenvalue weighted by Crippen LogP contribution is -2.01. The summed E-state index contributed by atoms with van der Waals surface area (Å²) in [5.74, 6) is 0. The van der Waals surface area contributed by atoms with Crippen molar-refractivity contribution in [3.05, 3.63) is 40.9 Å². The molecule has 0 aliphatic carbocycles. The Bertz CT molecular complexity index is 466. The van der Waals surface area contributed by atoms with Crippen LogP contribution in [-0.4, -0.2) is 19.9 Å². The molecule has 2 rings (SSSR count). The number of rotatable bonds is 3. The molecule has 2 aromatic heterocycles. The molecule has 4 nitrogen and oxygen atoms in total. The van der Waals surface area contributed by atoms with Gasteiger partial charge < -0.3 is 5.11 Å². The maximum absolute atomic E-state index is 9.60. The van der Waals surface area contributed by atoms with Crippen LogP contribution in [0.1, 0.15) is 25.1 Å². The van der Waals surface area contributed by atoms with Gasteiger partial charge in [0.15, 0.2) is 0 Å². The summed E-state index contributed by atoms with van der Waals surface area (Å²) in [6.07, 6.45) is 5.45. The monoisotopic (exact) mass is 281 g/mol. The summed E-state index contributed by atoms with van der Waals surface area (Å²) in [5.41, 5.74) is 1.57. The van der Waals surface area contributed by atoms with Crippen LogP contribution in [0.25, 0.3) is 5.69 Å². The van der Waals surface area contributed by atoms with Crippen molar-refractivity contribution in [1.29, 1.82) is 0 Å². The molecule has 16 heavy (non-hydrogen) atoms. The molecule has 0 saturated carbocycles. The van der Waals surface area contributed by atoms with Gasteiger partial charge >= 0.3 is 0 Å². The summed E-state index contributed by atoms with van der Waals surface area (Å²) >= 11 is 3.33. The topological polar surface area (TPSA) is 50.9 Å². The van der Waals surface area contributed by atoms with Crippen molar-refractivity contribution < 1.29 is 5.11 Å². The summed E-state index contributed by atoms with van der Waals surface area (Å²) < 4.78 is 2.64. The highest BCUT2D eigenvalue weighted by atomic mass is 79.9. The van der Waals surface area contributed by atoms with Crippen LogP contribution in [-0.2, 0) is 0 Å². The smallest absolute Gasteiger partial charge is 0.0957 e. The number of pyridine rings is 1. The molecule has 1 atom stereocenters. The van der Waals surface area contributed by atoms with E-state index in [2.05, 4.69) is 26.0 Å². The quantitative estimate of drug-likeness (QED) is 0.940. The number of aliphatic hydroxyl groups excluding tert-OH is 1. The minimum Gasteiger partial charge on any atom is -0.387 e. The number of hydrogen-bond donors (Lipinski definition) is 1. The molecule has 0 unspecified atom stereocenters. The summed E-state index contributed by atoms with van der Waals surface area (Å²) in [5, 5.41) is 13.8. The molecule has 0 saturated heterocycles. The van der Waals surface area contributed by atoms with Crippen LogP contribution in [0.2, 0.25) is 0 Å². The maximum Gasteiger partial charge on any atom is 0.0957 e. The van der Waals surface area contributed by atoms with Crippen LogP contribution >= 0.6 is 15.9 Å². The molecule has 0 aliphatic heterocycles. The Morgan fingerprint density at radius 2 is 2.25 bits per heavy atom. The fraction of sp³-hybridized carbons (Fsp3) is 0.273. The van der Waals surface area contributed by atoms with Crippen molar-refractivity contribution in [1.82, 2.24) is 14.8 Å². The van der Waals surface area contributed by atoms with E-state index >= 15 is 0 Å². The van der Waals surface area contributed by atoms with Crippen LogP contribution in [0.15, 0.2) is 35.2 Å². The molecule has 2 aromatic rings. The minimum atomic E-state index is -0.488. The number of aliphatic hydroxyl groups is 1. The van der Waals surface area contributed by atoms with Gasteiger partial charge in [-0.3, -0.25) is 4.98 Å². The lowest BCUT2D eigenvalue weighted by Gasteiger charge is -2.07. The largest absolute Gasteiger partial charge is 0.387 e. The Balaban J connectivity index is 2.25. The molecule has 0 radical (unpaired) electrons. The highest BCUT2D eigenvalue weighted by Crippen LogP contribution is 2.16. The molecule has 1 N–H and O–H groups in total. The third kappa shape index (κ3) is 2.31. The van der Waals surface area contributed by atoms with Gasteiger partial charge in [0.2, 0.25) is 0 Å². The van der Waals surface area contributed by atoms with Crippen molar-refractivity contribution in [3.8, 4) is 5.69 Å². The van der Waals surface area contributed by atoms with Crippen LogP contribution in [0.5, 0.6) is 0 Å². The molecule has 0 fully saturated rings. The zero-order valence-corrected chi connectivity index (χ0v) is 10.4. The Labute approximate surface area is 102 Å². The summed E-state index contributed by atoms with van der Waals surface area (Å²) in [6.45, 7) is 1.92. The normalized spacial score (nSPS) is 12.7. The van der Waals surface area contributed by atoms with Crippen LogP contribution in [0, 0.1) is 0 Å². The van der Waals surface area contributed by atoms with Gasteiger partial charge in [0.05, 0.1) is 34.4 Å². The van der Waals surface area contributed by atoms with Gasteiger partial charge in [0.1, 0.15) is 0 Å². The molecule has 0 amide bonds. The van der Waals surface area contributed by atoms with Gasteiger partial charge in [-0.05, 0) is 34.5 Å². The molecule has 0 aliphatic rings. The zero-order chi connectivity index (χ0) is 11.5. The Hall–Kier alpha value is -1.20. The highest BCUT2D eigenvalue weighted by molar-refractivity contribution is 9.10. The van der Waals surface area contributed by atoms with Gasteiger partial charge in [0.25, 0.3) is 0 Å². The highest BCUT2D eigenvalue weighted by Gasteiger charge is 2.06. The molecular weight excluding hydrogens is 270 g/mol. The molecule has 0 aromatic carbocycles. The van der Waals surface area contributed by atoms with Gasteiger partial charge in [0, 0.05) is 6.20 Å². The van der Waals surface area contributed by atoms with E-state index in [-0.39, 0.29) is 0 Å². The molecule has 2 heterocycles. The van der Waals surface area contributed by atoms with Crippen molar-refractivity contribution in [2.75, 3.05) is 0 Å². The molecule has 0 bridgehead atoms. The summed E-state index contributed by atoms with van der Waals surface area (Å²) in [7, 11) is 0. The predicted octanol–water partition coefficient (Wildman–Crippen LogP) is 2.47. The Morgan fingerprint density at radius 3 is 2.75 bits per heavy atom. The van der Waals surface area contributed by atoms with Crippen molar-refractivity contribution >= 4 is 15.9 Å². The summed E-state index contributed by atoms with van der Waals surface area (Å²) in [6, 6.07) is 3.71. The van der Waals surface area contributed by atoms with Gasteiger partial charge in [-0.15, -0.1) is 0 Å². The number of nitrogens with zero attached hydrogens (tertiary/aromatic N) is 3. The third-order valence-electron chi connectivity index (χ3n) is 2.31. The lowest BCUT2D eigenvalue weighted by atomic mass is 10.2. The second kappa shape index (κ2) is 4.76. The average molecular weight is 282 g/mol. The van der Waals surface area contributed by atoms with E-state index in [4.69, 9.17) is 0 Å². The fourth-order valence-electron chi connectivity index (χ4n) is 1.38. The Morgan fingerprint density at radius 1 is 1.44 bits per heavy atom. The minimum absolute atomic E-state index is 0.488. The van der Waals surface area contributed by atoms with Gasteiger partial charge in [-0.25, -0.2) is 4.68 Å². The van der Waals surface area contributed by atoms with Crippen LogP contribution in [0.4, 0.5) is 0 Å². The van der Waals surface area contributed by atoms with E-state index in [1.165, 1.54) is 0 Å². The molecule has 84 valence electrons. The lowest BCUT2D eigenvalue weighted by molar-refractivity contribution is 0.169. The van der Waals surface area contributed by atoms with Crippen LogP contribution in [0.3, 0.4) is 0 Å².